The Morgan fingerprint density at radius 3 is 2.44 bits per heavy atom. The molecule has 2 aromatic rings. The van der Waals surface area contributed by atoms with Crippen LogP contribution in [0.3, 0.4) is 0 Å². The lowest BCUT2D eigenvalue weighted by molar-refractivity contribution is -0.128. The first-order valence-electron chi connectivity index (χ1n) is 8.37. The number of thioether (sulfide) groups is 1. The molecule has 0 aliphatic heterocycles. The number of nitrogens with one attached hydrogen (secondary N) is 1. The van der Waals surface area contributed by atoms with E-state index in [1.807, 2.05) is 12.1 Å². The fraction of sp³-hybridized carbons (Fsp3) is 0.300. The van der Waals surface area contributed by atoms with Gasteiger partial charge < -0.3 is 5.73 Å². The van der Waals surface area contributed by atoms with Crippen molar-refractivity contribution in [3.63, 3.8) is 0 Å². The molecule has 0 heterocycles. The van der Waals surface area contributed by atoms with E-state index in [4.69, 9.17) is 11.1 Å². The van der Waals surface area contributed by atoms with E-state index in [0.717, 1.165) is 29.5 Å². The monoisotopic (exact) mass is 353 g/mol. The SMILES string of the molecule is CSc1cccc(-c2cccc(C(C(=O)N(C)C(=N)N)C3CC3)c2)c1. The minimum absolute atomic E-state index is 0.0926. The summed E-state index contributed by atoms with van der Waals surface area (Å²) in [6, 6.07) is 16.6. The van der Waals surface area contributed by atoms with Gasteiger partial charge in [-0.3, -0.25) is 15.1 Å². The highest BCUT2D eigenvalue weighted by Crippen LogP contribution is 2.44. The number of hydrogen-bond acceptors (Lipinski definition) is 3. The van der Waals surface area contributed by atoms with Crippen molar-refractivity contribution >= 4 is 23.6 Å². The van der Waals surface area contributed by atoms with E-state index in [0.29, 0.717) is 5.92 Å². The number of hydrogen-bond donors (Lipinski definition) is 2. The third kappa shape index (κ3) is 3.87. The van der Waals surface area contributed by atoms with E-state index in [9.17, 15) is 4.79 Å². The first-order chi connectivity index (χ1) is 12.0. The fourth-order valence-corrected chi connectivity index (χ4v) is 3.55. The highest BCUT2D eigenvalue weighted by atomic mass is 32.2. The van der Waals surface area contributed by atoms with Gasteiger partial charge in [-0.2, -0.15) is 0 Å². The maximum atomic E-state index is 12.8. The van der Waals surface area contributed by atoms with E-state index in [2.05, 4.69) is 42.7 Å². The molecule has 1 atom stereocenters. The molecule has 3 N–H and O–H groups in total. The molecule has 1 unspecified atom stereocenters. The molecule has 0 aromatic heterocycles. The Morgan fingerprint density at radius 1 is 1.20 bits per heavy atom. The predicted molar refractivity (Wildman–Crippen MR) is 104 cm³/mol. The Balaban J connectivity index is 1.95. The standard InChI is InChI=1S/C20H23N3OS/c1-23(20(21)22)19(24)18(13-9-10-13)16-7-3-5-14(11-16)15-6-4-8-17(12-15)25-2/h3-8,11-13,18H,9-10H2,1-2H3,(H3,21,22). The van der Waals surface area contributed by atoms with Gasteiger partial charge in [-0.05, 0) is 53.8 Å². The summed E-state index contributed by atoms with van der Waals surface area (Å²) in [6.07, 6.45) is 4.16. The van der Waals surface area contributed by atoms with E-state index in [1.165, 1.54) is 9.80 Å². The Kier molecular flexibility index (Phi) is 5.13. The molecule has 1 amide bonds. The van der Waals surface area contributed by atoms with Gasteiger partial charge >= 0.3 is 0 Å². The Bertz CT molecular complexity index is 801. The van der Waals surface area contributed by atoms with Crippen molar-refractivity contribution in [1.29, 1.82) is 5.41 Å². The van der Waals surface area contributed by atoms with Gasteiger partial charge in [0.1, 0.15) is 0 Å². The fourth-order valence-electron chi connectivity index (χ4n) is 3.09. The smallest absolute Gasteiger partial charge is 0.236 e. The zero-order chi connectivity index (χ0) is 18.0. The summed E-state index contributed by atoms with van der Waals surface area (Å²) >= 11 is 1.72. The van der Waals surface area contributed by atoms with Crippen LogP contribution in [-0.2, 0) is 4.79 Å². The Hall–Kier alpha value is -2.27. The molecule has 25 heavy (non-hydrogen) atoms. The Morgan fingerprint density at radius 2 is 1.84 bits per heavy atom. The summed E-state index contributed by atoms with van der Waals surface area (Å²) < 4.78 is 0. The maximum Gasteiger partial charge on any atom is 0.236 e. The van der Waals surface area contributed by atoms with Gasteiger partial charge in [0.2, 0.25) is 5.91 Å². The summed E-state index contributed by atoms with van der Waals surface area (Å²) in [7, 11) is 1.58. The molecule has 130 valence electrons. The first-order valence-corrected chi connectivity index (χ1v) is 9.59. The molecular weight excluding hydrogens is 330 g/mol. The van der Waals surface area contributed by atoms with Gasteiger partial charge in [0, 0.05) is 11.9 Å². The number of likely N-dealkylation sites (N-methyl/N-ethyl adjacent to an activating group) is 1. The summed E-state index contributed by atoms with van der Waals surface area (Å²) in [5.41, 5.74) is 8.78. The number of nitrogens with zero attached hydrogens (tertiary/aromatic N) is 1. The van der Waals surface area contributed by atoms with Crippen LogP contribution in [0.4, 0.5) is 0 Å². The van der Waals surface area contributed by atoms with E-state index in [1.54, 1.807) is 18.8 Å². The molecule has 1 saturated carbocycles. The second-order valence-electron chi connectivity index (χ2n) is 6.46. The molecule has 1 aliphatic rings. The van der Waals surface area contributed by atoms with Crippen molar-refractivity contribution in [2.24, 2.45) is 11.7 Å². The molecule has 0 bridgehead atoms. The van der Waals surface area contributed by atoms with Crippen LogP contribution in [0.15, 0.2) is 53.4 Å². The van der Waals surface area contributed by atoms with Crippen LogP contribution in [0.2, 0.25) is 0 Å². The molecule has 4 nitrogen and oxygen atoms in total. The van der Waals surface area contributed by atoms with Crippen LogP contribution in [0.1, 0.15) is 24.3 Å². The molecule has 0 radical (unpaired) electrons. The van der Waals surface area contributed by atoms with Crippen LogP contribution in [0, 0.1) is 11.3 Å². The summed E-state index contributed by atoms with van der Waals surface area (Å²) in [6.45, 7) is 0. The largest absolute Gasteiger partial charge is 0.370 e. The van der Waals surface area contributed by atoms with Crippen LogP contribution >= 0.6 is 11.8 Å². The number of benzene rings is 2. The van der Waals surface area contributed by atoms with Crippen molar-refractivity contribution in [3.8, 4) is 11.1 Å². The highest BCUT2D eigenvalue weighted by molar-refractivity contribution is 7.98. The van der Waals surface area contributed by atoms with Crippen LogP contribution < -0.4 is 5.73 Å². The molecule has 2 aromatic carbocycles. The molecule has 1 fully saturated rings. The number of nitrogens with two attached hydrogens (primary N) is 1. The number of guanidine groups is 1. The van der Waals surface area contributed by atoms with Gasteiger partial charge in [0.25, 0.3) is 0 Å². The Labute approximate surface area is 152 Å². The molecular formula is C20H23N3OS. The molecule has 5 heteroatoms. The predicted octanol–water partition coefficient (Wildman–Crippen LogP) is 3.92. The molecule has 0 spiro atoms. The van der Waals surface area contributed by atoms with Gasteiger partial charge in [0.05, 0.1) is 5.92 Å². The van der Waals surface area contributed by atoms with Crippen molar-refractivity contribution in [1.82, 2.24) is 4.90 Å². The lowest BCUT2D eigenvalue weighted by Gasteiger charge is -2.23. The second kappa shape index (κ2) is 7.31. The number of rotatable bonds is 5. The number of carbonyl (C=O) groups is 1. The van der Waals surface area contributed by atoms with Gasteiger partial charge in [-0.15, -0.1) is 11.8 Å². The average molecular weight is 353 g/mol. The zero-order valence-electron chi connectivity index (χ0n) is 14.5. The van der Waals surface area contributed by atoms with Gasteiger partial charge in [-0.1, -0.05) is 36.4 Å². The van der Waals surface area contributed by atoms with Crippen LogP contribution in [-0.4, -0.2) is 30.1 Å². The van der Waals surface area contributed by atoms with Crippen LogP contribution in [0.5, 0.6) is 0 Å². The van der Waals surface area contributed by atoms with Crippen LogP contribution in [0.25, 0.3) is 11.1 Å². The molecule has 0 saturated heterocycles. The van der Waals surface area contributed by atoms with Crippen molar-refractivity contribution in [3.05, 3.63) is 54.1 Å². The van der Waals surface area contributed by atoms with E-state index >= 15 is 0 Å². The third-order valence-electron chi connectivity index (χ3n) is 4.70. The second-order valence-corrected chi connectivity index (χ2v) is 7.33. The summed E-state index contributed by atoms with van der Waals surface area (Å²) in [5, 5.41) is 7.55. The van der Waals surface area contributed by atoms with E-state index in [-0.39, 0.29) is 17.8 Å². The van der Waals surface area contributed by atoms with Crippen molar-refractivity contribution in [2.75, 3.05) is 13.3 Å². The molecule has 3 rings (SSSR count). The van der Waals surface area contributed by atoms with E-state index < -0.39 is 0 Å². The topological polar surface area (TPSA) is 70.2 Å². The average Bonchev–Trinajstić information content (AvgIpc) is 3.46. The van der Waals surface area contributed by atoms with Crippen molar-refractivity contribution < 1.29 is 4.79 Å². The zero-order valence-corrected chi connectivity index (χ0v) is 15.3. The number of carbonyl (C=O) groups excluding carboxylic acids is 1. The summed E-state index contributed by atoms with van der Waals surface area (Å²) in [4.78, 5) is 15.3. The quantitative estimate of drug-likeness (QED) is 0.486. The minimum atomic E-state index is -0.224. The third-order valence-corrected chi connectivity index (χ3v) is 5.43. The minimum Gasteiger partial charge on any atom is -0.370 e. The maximum absolute atomic E-state index is 12.8. The number of amides is 1. The summed E-state index contributed by atoms with van der Waals surface area (Å²) in [5.74, 6) is -0.177. The lowest BCUT2D eigenvalue weighted by atomic mass is 9.90. The molecule has 1 aliphatic carbocycles. The highest BCUT2D eigenvalue weighted by Gasteiger charge is 2.39. The van der Waals surface area contributed by atoms with Gasteiger partial charge in [-0.25, -0.2) is 0 Å². The lowest BCUT2D eigenvalue weighted by Crippen LogP contribution is -2.41. The normalized spacial score (nSPS) is 14.8. The first kappa shape index (κ1) is 17.5. The van der Waals surface area contributed by atoms with Crippen molar-refractivity contribution in [2.45, 2.75) is 23.7 Å². The van der Waals surface area contributed by atoms with Gasteiger partial charge in [0.15, 0.2) is 5.96 Å².